The van der Waals surface area contributed by atoms with Crippen LogP contribution in [-0.2, 0) is 4.79 Å². The van der Waals surface area contributed by atoms with Crippen molar-refractivity contribution in [3.05, 3.63) is 28.7 Å². The Hall–Kier alpha value is -1.03. The van der Waals surface area contributed by atoms with Crippen LogP contribution in [0.15, 0.2) is 28.7 Å². The van der Waals surface area contributed by atoms with E-state index in [2.05, 4.69) is 28.2 Å². The summed E-state index contributed by atoms with van der Waals surface area (Å²) in [4.78, 5) is 12.3. The summed E-state index contributed by atoms with van der Waals surface area (Å²) in [6, 6.07) is 7.81. The second-order valence-corrected chi connectivity index (χ2v) is 7.77. The topological polar surface area (TPSA) is 38.3 Å². The summed E-state index contributed by atoms with van der Waals surface area (Å²) in [5.74, 6) is 3.09. The number of carbonyl (C=O) groups excluding carboxylic acids is 1. The highest BCUT2D eigenvalue weighted by Crippen LogP contribution is 2.49. The van der Waals surface area contributed by atoms with Crippen molar-refractivity contribution >= 4 is 21.8 Å². The maximum absolute atomic E-state index is 12.3. The average molecular weight is 366 g/mol. The molecule has 2 aliphatic rings. The molecule has 2 aliphatic carbocycles. The van der Waals surface area contributed by atoms with Gasteiger partial charge >= 0.3 is 0 Å². The third-order valence-corrected chi connectivity index (χ3v) is 5.83. The van der Waals surface area contributed by atoms with E-state index >= 15 is 0 Å². The van der Waals surface area contributed by atoms with Crippen LogP contribution in [0.3, 0.4) is 0 Å². The fraction of sp³-hybridized carbons (Fsp3) is 0.611. The smallest absolute Gasteiger partial charge is 0.260 e. The fourth-order valence-electron chi connectivity index (χ4n) is 4.13. The van der Waals surface area contributed by atoms with Gasteiger partial charge in [-0.25, -0.2) is 0 Å². The van der Waals surface area contributed by atoms with Crippen LogP contribution in [0.25, 0.3) is 0 Å². The molecule has 0 radical (unpaired) electrons. The van der Waals surface area contributed by atoms with Gasteiger partial charge in [-0.1, -0.05) is 22.4 Å². The quantitative estimate of drug-likeness (QED) is 0.850. The second kappa shape index (κ2) is 6.61. The lowest BCUT2D eigenvalue weighted by Gasteiger charge is -2.29. The van der Waals surface area contributed by atoms with Gasteiger partial charge in [-0.2, -0.15) is 0 Å². The average Bonchev–Trinajstić information content (AvgIpc) is 3.12. The van der Waals surface area contributed by atoms with Gasteiger partial charge in [0, 0.05) is 10.5 Å². The van der Waals surface area contributed by atoms with E-state index in [1.54, 1.807) is 0 Å². The molecule has 4 heteroatoms. The Balaban J connectivity index is 1.51. The van der Waals surface area contributed by atoms with E-state index in [1.165, 1.54) is 25.7 Å². The van der Waals surface area contributed by atoms with Crippen LogP contribution in [0.1, 0.15) is 39.5 Å². The van der Waals surface area contributed by atoms with E-state index in [0.29, 0.717) is 5.92 Å². The highest BCUT2D eigenvalue weighted by atomic mass is 79.9. The summed E-state index contributed by atoms with van der Waals surface area (Å²) in [7, 11) is 0. The van der Waals surface area contributed by atoms with Crippen molar-refractivity contribution in [2.24, 2.45) is 17.8 Å². The van der Waals surface area contributed by atoms with Crippen molar-refractivity contribution in [1.29, 1.82) is 0 Å². The number of carbonyl (C=O) groups is 1. The molecule has 1 aromatic rings. The minimum atomic E-state index is -0.470. The van der Waals surface area contributed by atoms with E-state index in [-0.39, 0.29) is 11.9 Å². The SMILES string of the molecule is CC(Oc1ccc(Br)cc1)C(=O)NC(C)C1CC2CCC1C2. The lowest BCUT2D eigenvalue weighted by atomic mass is 9.84. The van der Waals surface area contributed by atoms with Gasteiger partial charge in [0.2, 0.25) is 0 Å². The Kier molecular flexibility index (Phi) is 4.76. The lowest BCUT2D eigenvalue weighted by Crippen LogP contribution is -2.45. The zero-order valence-corrected chi connectivity index (χ0v) is 14.8. The van der Waals surface area contributed by atoms with Crippen LogP contribution in [0.4, 0.5) is 0 Å². The van der Waals surface area contributed by atoms with Crippen molar-refractivity contribution in [3.63, 3.8) is 0 Å². The molecule has 0 aromatic heterocycles. The molecule has 5 unspecified atom stereocenters. The molecule has 0 spiro atoms. The summed E-state index contributed by atoms with van der Waals surface area (Å²) in [5.41, 5.74) is 0. The number of hydrogen-bond acceptors (Lipinski definition) is 2. The van der Waals surface area contributed by atoms with Gasteiger partial charge in [0.05, 0.1) is 0 Å². The predicted octanol–water partition coefficient (Wildman–Crippen LogP) is 4.16. The first-order valence-corrected chi connectivity index (χ1v) is 9.05. The third-order valence-electron chi connectivity index (χ3n) is 5.30. The van der Waals surface area contributed by atoms with E-state index in [1.807, 2.05) is 31.2 Å². The predicted molar refractivity (Wildman–Crippen MR) is 90.8 cm³/mol. The Labute approximate surface area is 140 Å². The van der Waals surface area contributed by atoms with Crippen LogP contribution in [0.2, 0.25) is 0 Å². The van der Waals surface area contributed by atoms with Crippen molar-refractivity contribution in [2.45, 2.75) is 51.7 Å². The maximum Gasteiger partial charge on any atom is 0.260 e. The van der Waals surface area contributed by atoms with E-state index < -0.39 is 6.10 Å². The zero-order chi connectivity index (χ0) is 15.7. The van der Waals surface area contributed by atoms with Crippen molar-refractivity contribution in [2.75, 3.05) is 0 Å². The number of benzene rings is 1. The van der Waals surface area contributed by atoms with Crippen molar-refractivity contribution in [3.8, 4) is 5.75 Å². The number of nitrogens with one attached hydrogen (secondary N) is 1. The number of ether oxygens (including phenoxy) is 1. The zero-order valence-electron chi connectivity index (χ0n) is 13.2. The second-order valence-electron chi connectivity index (χ2n) is 6.85. The molecule has 2 bridgehead atoms. The molecule has 2 fully saturated rings. The minimum absolute atomic E-state index is 0.0156. The third kappa shape index (κ3) is 3.48. The molecule has 120 valence electrons. The maximum atomic E-state index is 12.3. The molecular formula is C18H24BrNO2. The summed E-state index contributed by atoms with van der Waals surface area (Å²) >= 11 is 3.39. The van der Waals surface area contributed by atoms with Crippen LogP contribution < -0.4 is 10.1 Å². The van der Waals surface area contributed by atoms with Crippen LogP contribution in [0.5, 0.6) is 5.75 Å². The molecule has 1 N–H and O–H groups in total. The number of amides is 1. The molecule has 1 aromatic carbocycles. The molecule has 0 saturated heterocycles. The van der Waals surface area contributed by atoms with Crippen LogP contribution in [-0.4, -0.2) is 18.1 Å². The van der Waals surface area contributed by atoms with Gasteiger partial charge < -0.3 is 10.1 Å². The monoisotopic (exact) mass is 365 g/mol. The summed E-state index contributed by atoms with van der Waals surface area (Å²) < 4.78 is 6.73. The number of fused-ring (bicyclic) bond motifs is 2. The fourth-order valence-corrected chi connectivity index (χ4v) is 4.39. The van der Waals surface area contributed by atoms with Gasteiger partial charge in [-0.15, -0.1) is 0 Å². The standard InChI is InChI=1S/C18H24BrNO2/c1-11(17-10-13-3-4-14(17)9-13)20-18(21)12(2)22-16-7-5-15(19)6-8-16/h5-8,11-14,17H,3-4,9-10H2,1-2H3,(H,20,21). The first kappa shape index (κ1) is 15.9. The number of halogens is 1. The van der Waals surface area contributed by atoms with Crippen LogP contribution in [0, 0.1) is 17.8 Å². The number of hydrogen-bond donors (Lipinski definition) is 1. The molecule has 1 amide bonds. The molecular weight excluding hydrogens is 342 g/mol. The minimum Gasteiger partial charge on any atom is -0.481 e. The van der Waals surface area contributed by atoms with Crippen molar-refractivity contribution < 1.29 is 9.53 Å². The molecule has 3 nitrogen and oxygen atoms in total. The normalized spacial score (nSPS) is 29.1. The lowest BCUT2D eigenvalue weighted by molar-refractivity contribution is -0.128. The Morgan fingerprint density at radius 1 is 1.23 bits per heavy atom. The molecule has 2 saturated carbocycles. The van der Waals surface area contributed by atoms with Gasteiger partial charge in [-0.05, 0) is 75.1 Å². The van der Waals surface area contributed by atoms with Gasteiger partial charge in [0.1, 0.15) is 5.75 Å². The molecule has 22 heavy (non-hydrogen) atoms. The van der Waals surface area contributed by atoms with E-state index in [4.69, 9.17) is 4.74 Å². The van der Waals surface area contributed by atoms with Crippen molar-refractivity contribution in [1.82, 2.24) is 5.32 Å². The van der Waals surface area contributed by atoms with Gasteiger partial charge in [0.25, 0.3) is 5.91 Å². The first-order chi connectivity index (χ1) is 10.5. The van der Waals surface area contributed by atoms with Gasteiger partial charge in [-0.3, -0.25) is 4.79 Å². The molecule has 0 heterocycles. The van der Waals surface area contributed by atoms with Gasteiger partial charge in [0.15, 0.2) is 6.10 Å². The summed E-state index contributed by atoms with van der Waals surface area (Å²) in [6.07, 6.45) is 4.93. The highest BCUT2D eigenvalue weighted by Gasteiger charge is 2.42. The molecule has 5 atom stereocenters. The Bertz CT molecular complexity index is 530. The largest absolute Gasteiger partial charge is 0.481 e. The Morgan fingerprint density at radius 3 is 2.55 bits per heavy atom. The van der Waals surface area contributed by atoms with E-state index in [0.717, 1.165) is 22.1 Å². The highest BCUT2D eigenvalue weighted by molar-refractivity contribution is 9.10. The first-order valence-electron chi connectivity index (χ1n) is 8.25. The number of rotatable bonds is 5. The molecule has 3 rings (SSSR count). The van der Waals surface area contributed by atoms with E-state index in [9.17, 15) is 4.79 Å². The van der Waals surface area contributed by atoms with Crippen LogP contribution >= 0.6 is 15.9 Å². The Morgan fingerprint density at radius 2 is 1.95 bits per heavy atom. The summed E-state index contributed by atoms with van der Waals surface area (Å²) in [6.45, 7) is 3.96. The molecule has 0 aliphatic heterocycles. The summed E-state index contributed by atoms with van der Waals surface area (Å²) in [5, 5.41) is 3.16.